The van der Waals surface area contributed by atoms with Crippen molar-refractivity contribution in [2.75, 3.05) is 37.6 Å². The summed E-state index contributed by atoms with van der Waals surface area (Å²) >= 11 is 5.88. The maximum absolute atomic E-state index is 9.35. The van der Waals surface area contributed by atoms with E-state index in [1.165, 1.54) is 5.69 Å². The molecule has 0 radical (unpaired) electrons. The topological polar surface area (TPSA) is 26.7 Å². The van der Waals surface area contributed by atoms with Crippen molar-refractivity contribution >= 4 is 17.3 Å². The van der Waals surface area contributed by atoms with Crippen LogP contribution in [0, 0.1) is 0 Å². The second-order valence-electron chi connectivity index (χ2n) is 4.61. The molecule has 1 fully saturated rings. The Morgan fingerprint density at radius 2 is 1.76 bits per heavy atom. The van der Waals surface area contributed by atoms with Crippen molar-refractivity contribution in [2.24, 2.45) is 0 Å². The van der Waals surface area contributed by atoms with Crippen LogP contribution in [0.2, 0.25) is 5.02 Å². The van der Waals surface area contributed by atoms with Crippen molar-refractivity contribution in [1.82, 2.24) is 4.90 Å². The van der Waals surface area contributed by atoms with E-state index in [0.29, 0.717) is 0 Å². The smallest absolute Gasteiger partial charge is 0.0639 e. The number of β-amino-alcohol motifs (C(OH)–C–C–N with tert-alkyl or cyclic N) is 1. The summed E-state index contributed by atoms with van der Waals surface area (Å²) in [7, 11) is 0. The minimum atomic E-state index is -0.239. The number of rotatable bonds is 3. The lowest BCUT2D eigenvalue weighted by Gasteiger charge is -2.36. The molecule has 0 bridgehead atoms. The molecule has 1 aromatic carbocycles. The Bertz CT molecular complexity index is 345. The van der Waals surface area contributed by atoms with Crippen LogP contribution in [0.25, 0.3) is 0 Å². The zero-order valence-corrected chi connectivity index (χ0v) is 10.9. The van der Waals surface area contributed by atoms with Crippen molar-refractivity contribution in [3.63, 3.8) is 0 Å². The van der Waals surface area contributed by atoms with E-state index in [0.717, 1.165) is 37.7 Å². The fourth-order valence-electron chi connectivity index (χ4n) is 2.21. The van der Waals surface area contributed by atoms with Crippen molar-refractivity contribution in [3.05, 3.63) is 29.3 Å². The summed E-state index contributed by atoms with van der Waals surface area (Å²) in [6, 6.07) is 7.98. The highest BCUT2D eigenvalue weighted by Crippen LogP contribution is 2.19. The molecule has 1 saturated heterocycles. The van der Waals surface area contributed by atoms with Gasteiger partial charge in [0.05, 0.1) is 6.10 Å². The quantitative estimate of drug-likeness (QED) is 0.892. The zero-order valence-electron chi connectivity index (χ0n) is 10.1. The number of anilines is 1. The van der Waals surface area contributed by atoms with Gasteiger partial charge in [-0.3, -0.25) is 4.90 Å². The predicted octanol–water partition coefficient (Wildman–Crippen LogP) is 1.84. The Labute approximate surface area is 108 Å². The van der Waals surface area contributed by atoms with Crippen LogP contribution < -0.4 is 4.90 Å². The molecule has 94 valence electrons. The maximum Gasteiger partial charge on any atom is 0.0639 e. The largest absolute Gasteiger partial charge is 0.392 e. The number of aliphatic hydroxyl groups excluding tert-OH is 1. The lowest BCUT2D eigenvalue weighted by atomic mass is 10.2. The molecule has 17 heavy (non-hydrogen) atoms. The van der Waals surface area contributed by atoms with Gasteiger partial charge in [-0.2, -0.15) is 0 Å². The summed E-state index contributed by atoms with van der Waals surface area (Å²) in [6.45, 7) is 6.64. The molecule has 1 aliphatic rings. The van der Waals surface area contributed by atoms with Crippen molar-refractivity contribution in [1.29, 1.82) is 0 Å². The van der Waals surface area contributed by atoms with Crippen LogP contribution in [0.1, 0.15) is 6.92 Å². The second-order valence-corrected chi connectivity index (χ2v) is 5.05. The molecule has 1 atom stereocenters. The van der Waals surface area contributed by atoms with Crippen LogP contribution in [0.15, 0.2) is 24.3 Å². The highest BCUT2D eigenvalue weighted by atomic mass is 35.5. The molecule has 0 amide bonds. The van der Waals surface area contributed by atoms with Gasteiger partial charge in [0.1, 0.15) is 0 Å². The van der Waals surface area contributed by atoms with E-state index in [4.69, 9.17) is 11.6 Å². The van der Waals surface area contributed by atoms with Gasteiger partial charge in [0, 0.05) is 43.4 Å². The number of hydrogen-bond acceptors (Lipinski definition) is 3. The number of piperazine rings is 1. The molecule has 1 aliphatic heterocycles. The molecule has 1 aromatic rings. The van der Waals surface area contributed by atoms with Crippen LogP contribution in [-0.2, 0) is 0 Å². The van der Waals surface area contributed by atoms with Gasteiger partial charge in [-0.25, -0.2) is 0 Å². The van der Waals surface area contributed by atoms with E-state index in [-0.39, 0.29) is 6.10 Å². The van der Waals surface area contributed by atoms with Crippen LogP contribution in [0.3, 0.4) is 0 Å². The van der Waals surface area contributed by atoms with Crippen molar-refractivity contribution in [2.45, 2.75) is 13.0 Å². The number of benzene rings is 1. The SMILES string of the molecule is C[C@H](O)CN1CCN(c2ccc(Cl)cc2)CC1. The summed E-state index contributed by atoms with van der Waals surface area (Å²) in [5, 5.41) is 10.1. The third kappa shape index (κ3) is 3.60. The van der Waals surface area contributed by atoms with E-state index in [1.54, 1.807) is 0 Å². The number of hydrogen-bond donors (Lipinski definition) is 1. The summed E-state index contributed by atoms with van der Waals surface area (Å²) in [6.07, 6.45) is -0.239. The van der Waals surface area contributed by atoms with Crippen molar-refractivity contribution < 1.29 is 5.11 Å². The van der Waals surface area contributed by atoms with Crippen LogP contribution in [-0.4, -0.2) is 48.8 Å². The summed E-state index contributed by atoms with van der Waals surface area (Å²) in [5.41, 5.74) is 1.23. The molecule has 4 heteroatoms. The van der Waals surface area contributed by atoms with Gasteiger partial charge in [0.15, 0.2) is 0 Å². The molecule has 0 saturated carbocycles. The molecule has 2 rings (SSSR count). The fourth-order valence-corrected chi connectivity index (χ4v) is 2.34. The van der Waals surface area contributed by atoms with E-state index in [9.17, 15) is 5.11 Å². The van der Waals surface area contributed by atoms with Gasteiger partial charge in [-0.05, 0) is 31.2 Å². The number of nitrogens with zero attached hydrogens (tertiary/aromatic N) is 2. The zero-order chi connectivity index (χ0) is 12.3. The second kappa shape index (κ2) is 5.71. The molecule has 3 nitrogen and oxygen atoms in total. The number of aliphatic hydroxyl groups is 1. The van der Waals surface area contributed by atoms with E-state index >= 15 is 0 Å². The highest BCUT2D eigenvalue weighted by molar-refractivity contribution is 6.30. The minimum Gasteiger partial charge on any atom is -0.392 e. The Hall–Kier alpha value is -0.770. The number of halogens is 1. The van der Waals surface area contributed by atoms with Gasteiger partial charge >= 0.3 is 0 Å². The third-order valence-corrected chi connectivity index (χ3v) is 3.34. The Morgan fingerprint density at radius 3 is 2.29 bits per heavy atom. The first-order valence-corrected chi connectivity index (χ1v) is 6.44. The van der Waals surface area contributed by atoms with E-state index < -0.39 is 0 Å². The summed E-state index contributed by atoms with van der Waals surface area (Å²) in [5.74, 6) is 0. The molecule has 1 N–H and O–H groups in total. The first-order chi connectivity index (χ1) is 8.15. The molecule has 0 spiro atoms. The fraction of sp³-hybridized carbons (Fsp3) is 0.538. The van der Waals surface area contributed by atoms with E-state index in [2.05, 4.69) is 21.9 Å². The summed E-state index contributed by atoms with van der Waals surface area (Å²) in [4.78, 5) is 4.66. The van der Waals surface area contributed by atoms with Crippen LogP contribution in [0.4, 0.5) is 5.69 Å². The molecule has 0 unspecified atom stereocenters. The third-order valence-electron chi connectivity index (χ3n) is 3.09. The minimum absolute atomic E-state index is 0.239. The van der Waals surface area contributed by atoms with Gasteiger partial charge in [-0.1, -0.05) is 11.6 Å². The van der Waals surface area contributed by atoms with Gasteiger partial charge < -0.3 is 10.0 Å². The Kier molecular flexibility index (Phi) is 4.26. The maximum atomic E-state index is 9.35. The molecule has 0 aliphatic carbocycles. The normalized spacial score (nSPS) is 19.4. The monoisotopic (exact) mass is 254 g/mol. The predicted molar refractivity (Wildman–Crippen MR) is 71.8 cm³/mol. The lowest BCUT2D eigenvalue weighted by Crippen LogP contribution is -2.48. The molecular formula is C13H19ClN2O. The van der Waals surface area contributed by atoms with Gasteiger partial charge in [0.2, 0.25) is 0 Å². The standard InChI is InChI=1S/C13H19ClN2O/c1-11(17)10-15-6-8-16(9-7-15)13-4-2-12(14)3-5-13/h2-5,11,17H,6-10H2,1H3/t11-/m0/s1. The van der Waals surface area contributed by atoms with Gasteiger partial charge in [0.25, 0.3) is 0 Å². The Morgan fingerprint density at radius 1 is 1.18 bits per heavy atom. The molecule has 0 aromatic heterocycles. The molecule has 1 heterocycles. The van der Waals surface area contributed by atoms with E-state index in [1.807, 2.05) is 19.1 Å². The lowest BCUT2D eigenvalue weighted by molar-refractivity contribution is 0.123. The first-order valence-electron chi connectivity index (χ1n) is 6.06. The van der Waals surface area contributed by atoms with Crippen LogP contribution in [0.5, 0.6) is 0 Å². The van der Waals surface area contributed by atoms with Crippen molar-refractivity contribution in [3.8, 4) is 0 Å². The average Bonchev–Trinajstić information content (AvgIpc) is 2.30. The Balaban J connectivity index is 1.88. The first kappa shape index (κ1) is 12.7. The van der Waals surface area contributed by atoms with Gasteiger partial charge in [-0.15, -0.1) is 0 Å². The van der Waals surface area contributed by atoms with Crippen LogP contribution >= 0.6 is 11.6 Å². The molecular weight excluding hydrogens is 236 g/mol. The average molecular weight is 255 g/mol. The highest BCUT2D eigenvalue weighted by Gasteiger charge is 2.17. The summed E-state index contributed by atoms with van der Waals surface area (Å²) < 4.78 is 0.